The zero-order valence-electron chi connectivity index (χ0n) is 13.5. The molecule has 0 aliphatic carbocycles. The highest BCUT2D eigenvalue weighted by Crippen LogP contribution is 2.36. The zero-order chi connectivity index (χ0) is 17.7. The predicted molar refractivity (Wildman–Crippen MR) is 95.0 cm³/mol. The van der Waals surface area contributed by atoms with Crippen molar-refractivity contribution in [2.45, 2.75) is 12.2 Å². The summed E-state index contributed by atoms with van der Waals surface area (Å²) in [7, 11) is 1.53. The van der Waals surface area contributed by atoms with Gasteiger partial charge in [0, 0.05) is 5.56 Å². The normalized spacial score (nSPS) is 16.9. The molecule has 1 aliphatic rings. The summed E-state index contributed by atoms with van der Waals surface area (Å²) < 4.78 is 10.4. The zero-order valence-corrected chi connectivity index (χ0v) is 15.1. The van der Waals surface area contributed by atoms with Crippen LogP contribution in [0.15, 0.2) is 23.1 Å². The van der Waals surface area contributed by atoms with Crippen molar-refractivity contribution in [2.75, 3.05) is 20.0 Å². The first-order valence-electron chi connectivity index (χ1n) is 7.12. The van der Waals surface area contributed by atoms with Gasteiger partial charge in [-0.25, -0.2) is 0 Å². The number of imide groups is 1. The average molecular weight is 367 g/mol. The Morgan fingerprint density at radius 1 is 1.42 bits per heavy atom. The summed E-state index contributed by atoms with van der Waals surface area (Å²) in [5, 5.41) is 1.28. The summed E-state index contributed by atoms with van der Waals surface area (Å²) >= 11 is 2.19. The lowest BCUT2D eigenvalue weighted by molar-refractivity contribution is -0.142. The third-order valence-corrected chi connectivity index (χ3v) is 4.94. The first-order valence-corrected chi connectivity index (χ1v) is 9.22. The van der Waals surface area contributed by atoms with Crippen LogP contribution in [0.3, 0.4) is 0 Å². The van der Waals surface area contributed by atoms with Crippen molar-refractivity contribution in [1.29, 1.82) is 0 Å². The molecule has 2 rings (SSSR count). The molecule has 24 heavy (non-hydrogen) atoms. The van der Waals surface area contributed by atoms with Crippen LogP contribution in [0.4, 0.5) is 4.79 Å². The maximum absolute atomic E-state index is 12.2. The van der Waals surface area contributed by atoms with E-state index in [1.165, 1.54) is 18.9 Å². The maximum atomic E-state index is 12.2. The Balaban J connectivity index is 2.40. The molecule has 0 spiro atoms. The molecule has 1 fully saturated rings. The Kier molecular flexibility index (Phi) is 6.33. The minimum Gasteiger partial charge on any atom is -0.496 e. The summed E-state index contributed by atoms with van der Waals surface area (Å²) in [6, 6.07) is 5.25. The highest BCUT2D eigenvalue weighted by molar-refractivity contribution is 8.18. The van der Waals surface area contributed by atoms with Gasteiger partial charge in [0.2, 0.25) is 0 Å². The Hall–Kier alpha value is -1.93. The number of ether oxygens (including phenoxy) is 2. The summed E-state index contributed by atoms with van der Waals surface area (Å²) in [6.07, 6.45) is 3.42. The van der Waals surface area contributed by atoms with Crippen LogP contribution in [0, 0.1) is 0 Å². The molecule has 1 saturated heterocycles. The Labute approximate surface area is 148 Å². The minimum atomic E-state index is -0.537. The van der Waals surface area contributed by atoms with Crippen molar-refractivity contribution >= 4 is 46.7 Å². The van der Waals surface area contributed by atoms with Gasteiger partial charge in [-0.1, -0.05) is 6.07 Å². The van der Waals surface area contributed by atoms with E-state index in [0.717, 1.165) is 11.8 Å². The number of methoxy groups -OCH3 is 1. The second kappa shape index (κ2) is 8.25. The molecule has 0 aromatic heterocycles. The van der Waals surface area contributed by atoms with E-state index < -0.39 is 16.4 Å². The van der Waals surface area contributed by atoms with Gasteiger partial charge in [-0.2, -0.15) is 0 Å². The molecular weight excluding hydrogens is 350 g/mol. The number of carbonyl (C=O) groups excluding carboxylic acids is 3. The van der Waals surface area contributed by atoms with Gasteiger partial charge in [0.1, 0.15) is 11.0 Å². The fourth-order valence-electron chi connectivity index (χ4n) is 2.19. The largest absolute Gasteiger partial charge is 0.496 e. The van der Waals surface area contributed by atoms with Crippen molar-refractivity contribution in [2.24, 2.45) is 0 Å². The molecule has 0 bridgehead atoms. The number of carbonyl (C=O) groups is 3. The minimum absolute atomic E-state index is 0.293. The average Bonchev–Trinajstić information content (AvgIpc) is 2.86. The fourth-order valence-corrected chi connectivity index (χ4v) is 3.57. The van der Waals surface area contributed by atoms with E-state index in [-0.39, 0.29) is 5.97 Å². The van der Waals surface area contributed by atoms with Crippen LogP contribution in [0.2, 0.25) is 0 Å². The van der Waals surface area contributed by atoms with Gasteiger partial charge in [0.25, 0.3) is 11.1 Å². The van der Waals surface area contributed by atoms with Crippen molar-refractivity contribution < 1.29 is 23.9 Å². The number of nitrogens with one attached hydrogen (secondary N) is 1. The van der Waals surface area contributed by atoms with E-state index in [0.29, 0.717) is 28.4 Å². The SMILES string of the molecule is CCOC(=O)C(SC)c1cc(C=C2SC(=O)NC2=O)ccc1OC. The third kappa shape index (κ3) is 4.12. The molecule has 1 aromatic rings. The van der Waals surface area contributed by atoms with Crippen molar-refractivity contribution in [3.8, 4) is 5.75 Å². The maximum Gasteiger partial charge on any atom is 0.323 e. The number of thioether (sulfide) groups is 2. The van der Waals surface area contributed by atoms with E-state index in [2.05, 4.69) is 5.32 Å². The van der Waals surface area contributed by atoms with Crippen LogP contribution in [0.5, 0.6) is 5.75 Å². The lowest BCUT2D eigenvalue weighted by atomic mass is 10.1. The lowest BCUT2D eigenvalue weighted by Gasteiger charge is -2.17. The quantitative estimate of drug-likeness (QED) is 0.611. The molecule has 1 heterocycles. The van der Waals surface area contributed by atoms with Gasteiger partial charge < -0.3 is 9.47 Å². The molecule has 1 atom stereocenters. The van der Waals surface area contributed by atoms with Crippen LogP contribution < -0.4 is 10.1 Å². The number of esters is 1. The fraction of sp³-hybridized carbons (Fsp3) is 0.312. The van der Waals surface area contributed by atoms with E-state index >= 15 is 0 Å². The van der Waals surface area contributed by atoms with Gasteiger partial charge in [-0.05, 0) is 48.7 Å². The molecule has 128 valence electrons. The standard InChI is InChI=1S/C16H17NO5S2/c1-4-22-15(19)13(23-3)10-7-9(5-6-11(10)21-2)8-12-14(18)17-16(20)24-12/h5-8,13H,4H2,1-3H3,(H,17,18,20). The van der Waals surface area contributed by atoms with E-state index in [9.17, 15) is 14.4 Å². The Morgan fingerprint density at radius 2 is 2.17 bits per heavy atom. The van der Waals surface area contributed by atoms with Gasteiger partial charge >= 0.3 is 5.97 Å². The van der Waals surface area contributed by atoms with Crippen LogP contribution in [-0.4, -0.2) is 37.1 Å². The molecule has 0 radical (unpaired) electrons. The van der Waals surface area contributed by atoms with Gasteiger partial charge in [-0.3, -0.25) is 19.7 Å². The van der Waals surface area contributed by atoms with Crippen LogP contribution >= 0.6 is 23.5 Å². The Bertz CT molecular complexity index is 702. The van der Waals surface area contributed by atoms with E-state index in [1.807, 2.05) is 6.26 Å². The van der Waals surface area contributed by atoms with E-state index in [4.69, 9.17) is 9.47 Å². The molecular formula is C16H17NO5S2. The first-order chi connectivity index (χ1) is 11.5. The highest BCUT2D eigenvalue weighted by Gasteiger charge is 2.27. The lowest BCUT2D eigenvalue weighted by Crippen LogP contribution is -2.17. The molecule has 8 heteroatoms. The molecule has 0 saturated carbocycles. The van der Waals surface area contributed by atoms with Crippen LogP contribution in [0.1, 0.15) is 23.3 Å². The molecule has 6 nitrogen and oxygen atoms in total. The molecule has 1 N–H and O–H groups in total. The topological polar surface area (TPSA) is 81.7 Å². The number of hydrogen-bond acceptors (Lipinski definition) is 7. The number of hydrogen-bond donors (Lipinski definition) is 1. The number of benzene rings is 1. The summed E-state index contributed by atoms with van der Waals surface area (Å²) in [5.41, 5.74) is 1.36. The highest BCUT2D eigenvalue weighted by atomic mass is 32.2. The van der Waals surface area contributed by atoms with Crippen LogP contribution in [0.25, 0.3) is 6.08 Å². The van der Waals surface area contributed by atoms with Gasteiger partial charge in [-0.15, -0.1) is 11.8 Å². The molecule has 1 unspecified atom stereocenters. The van der Waals surface area contributed by atoms with Gasteiger partial charge in [0.15, 0.2) is 0 Å². The third-order valence-electron chi connectivity index (χ3n) is 3.21. The smallest absolute Gasteiger partial charge is 0.323 e. The summed E-state index contributed by atoms with van der Waals surface area (Å²) in [6.45, 7) is 2.04. The molecule has 2 amide bonds. The first kappa shape index (κ1) is 18.4. The summed E-state index contributed by atoms with van der Waals surface area (Å²) in [5.74, 6) is -0.213. The van der Waals surface area contributed by atoms with Gasteiger partial charge in [0.05, 0.1) is 18.6 Å². The summed E-state index contributed by atoms with van der Waals surface area (Å²) in [4.78, 5) is 35.4. The second-order valence-electron chi connectivity index (χ2n) is 4.72. The number of rotatable bonds is 6. The van der Waals surface area contributed by atoms with Crippen molar-refractivity contribution in [1.82, 2.24) is 5.32 Å². The second-order valence-corrected chi connectivity index (χ2v) is 6.68. The Morgan fingerprint density at radius 3 is 2.71 bits per heavy atom. The van der Waals surface area contributed by atoms with E-state index in [1.54, 1.807) is 31.2 Å². The molecule has 1 aliphatic heterocycles. The monoisotopic (exact) mass is 367 g/mol. The predicted octanol–water partition coefficient (Wildman–Crippen LogP) is 2.99. The number of amides is 2. The van der Waals surface area contributed by atoms with Crippen molar-refractivity contribution in [3.05, 3.63) is 34.2 Å². The van der Waals surface area contributed by atoms with Crippen LogP contribution in [-0.2, 0) is 14.3 Å². The molecule has 1 aromatic carbocycles. The van der Waals surface area contributed by atoms with Crippen molar-refractivity contribution in [3.63, 3.8) is 0 Å².